The van der Waals surface area contributed by atoms with Crippen molar-refractivity contribution in [1.29, 1.82) is 0 Å². The summed E-state index contributed by atoms with van der Waals surface area (Å²) in [5.74, 6) is 0. The summed E-state index contributed by atoms with van der Waals surface area (Å²) >= 11 is 0. The maximum Gasteiger partial charge on any atom is 0.294 e. The van der Waals surface area contributed by atoms with Crippen LogP contribution in [0.2, 0.25) is 0 Å². The molecule has 0 spiro atoms. The van der Waals surface area contributed by atoms with Crippen molar-refractivity contribution in [3.63, 3.8) is 0 Å². The van der Waals surface area contributed by atoms with Gasteiger partial charge in [0.05, 0.1) is 4.90 Å². The van der Waals surface area contributed by atoms with E-state index in [0.29, 0.717) is 5.56 Å². The summed E-state index contributed by atoms with van der Waals surface area (Å²) in [6.45, 7) is 3.51. The van der Waals surface area contributed by atoms with Gasteiger partial charge in [-0.05, 0) is 25.5 Å². The summed E-state index contributed by atoms with van der Waals surface area (Å²) < 4.78 is 30.2. The number of rotatable bonds is 1. The summed E-state index contributed by atoms with van der Waals surface area (Å²) in [4.78, 5) is -0.0203. The predicted molar refractivity (Wildman–Crippen MR) is 51.5 cm³/mol. The summed E-state index contributed by atoms with van der Waals surface area (Å²) in [6.07, 6.45) is 0. The molecule has 69 valence electrons. The molecule has 5 heteroatoms. The minimum Gasteiger partial charge on any atom is -0.282 e. The van der Waals surface area contributed by atoms with Gasteiger partial charge in [0.2, 0.25) is 0 Å². The van der Waals surface area contributed by atoms with Gasteiger partial charge in [-0.1, -0.05) is 17.7 Å². The molecule has 0 aromatic heterocycles. The summed E-state index contributed by atoms with van der Waals surface area (Å²) in [6, 6.07) is 4.76. The molecular weight excluding hydrogens is 246 g/mol. The molecule has 1 aromatic rings. The first-order valence-corrected chi connectivity index (χ1v) is 4.90. The van der Waals surface area contributed by atoms with Crippen molar-refractivity contribution >= 4 is 29.9 Å². The van der Waals surface area contributed by atoms with E-state index in [1.54, 1.807) is 19.1 Å². The molecule has 1 N–H and O–H groups in total. The van der Waals surface area contributed by atoms with Crippen molar-refractivity contribution in [2.75, 3.05) is 0 Å². The summed E-state index contributed by atoms with van der Waals surface area (Å²) in [5.41, 5.74) is 1.54. The quantitative estimate of drug-likeness (QED) is 0.606. The summed E-state index contributed by atoms with van der Waals surface area (Å²) in [5, 5.41) is 0. The Kier molecular flexibility index (Phi) is 4.24. The first-order valence-electron chi connectivity index (χ1n) is 3.46. The first kappa shape index (κ1) is 12.8. The van der Waals surface area contributed by atoms with Crippen molar-refractivity contribution in [3.05, 3.63) is 29.3 Å². The van der Waals surface area contributed by atoms with Gasteiger partial charge in [-0.3, -0.25) is 4.55 Å². The molecule has 0 atom stereocenters. The number of hydrogen-bond acceptors (Lipinski definition) is 2. The number of benzene rings is 1. The van der Waals surface area contributed by atoms with E-state index in [9.17, 15) is 8.42 Å². The zero-order chi connectivity index (χ0) is 9.35. The normalized spacial score (nSPS) is 10.7. The topological polar surface area (TPSA) is 54.4 Å². The molecule has 0 aliphatic heterocycles. The van der Waals surface area contributed by atoms with Gasteiger partial charge in [-0.2, -0.15) is 8.42 Å². The van der Waals surface area contributed by atoms with Gasteiger partial charge in [0.1, 0.15) is 0 Å². The van der Waals surface area contributed by atoms with Crippen molar-refractivity contribution in [1.82, 2.24) is 0 Å². The molecule has 13 heavy (non-hydrogen) atoms. The van der Waals surface area contributed by atoms with Gasteiger partial charge in [0.15, 0.2) is 0 Å². The van der Waals surface area contributed by atoms with Crippen LogP contribution in [-0.2, 0) is 10.1 Å². The van der Waals surface area contributed by atoms with Gasteiger partial charge in [-0.25, -0.2) is 0 Å². The largest absolute Gasteiger partial charge is 0.294 e. The Morgan fingerprint density at radius 1 is 1.23 bits per heavy atom. The molecule has 0 saturated carbocycles. The van der Waals surface area contributed by atoms with E-state index < -0.39 is 10.1 Å². The van der Waals surface area contributed by atoms with E-state index in [4.69, 9.17) is 4.55 Å². The minimum atomic E-state index is -4.05. The molecule has 0 aliphatic rings. The zero-order valence-electron chi connectivity index (χ0n) is 7.48. The molecule has 1 aromatic carbocycles. The predicted octanol–water partition coefficient (Wildman–Crippen LogP) is 1.17. The molecular formula is C8H10GaO3S. The van der Waals surface area contributed by atoms with Crippen molar-refractivity contribution in [3.8, 4) is 0 Å². The Morgan fingerprint density at radius 3 is 2.15 bits per heavy atom. The van der Waals surface area contributed by atoms with Crippen LogP contribution in [0.3, 0.4) is 0 Å². The van der Waals surface area contributed by atoms with Crippen molar-refractivity contribution < 1.29 is 13.0 Å². The van der Waals surface area contributed by atoms with Crippen LogP contribution >= 0.6 is 0 Å². The zero-order valence-corrected chi connectivity index (χ0v) is 10.7. The van der Waals surface area contributed by atoms with Gasteiger partial charge < -0.3 is 0 Å². The van der Waals surface area contributed by atoms with Gasteiger partial charge in [0.25, 0.3) is 10.1 Å². The Hall–Kier alpha value is -0.234. The Morgan fingerprint density at radius 2 is 1.77 bits per heavy atom. The Labute approximate surface area is 91.0 Å². The fraction of sp³-hybridized carbons (Fsp3) is 0.250. The van der Waals surface area contributed by atoms with Crippen molar-refractivity contribution in [2.24, 2.45) is 0 Å². The third kappa shape index (κ3) is 3.19. The maximum absolute atomic E-state index is 10.7. The molecule has 1 rings (SSSR count). The van der Waals surface area contributed by atoms with Gasteiger partial charge in [-0.15, -0.1) is 0 Å². The molecule has 0 amide bonds. The van der Waals surface area contributed by atoms with E-state index in [-0.39, 0.29) is 24.7 Å². The molecule has 0 heterocycles. The second-order valence-electron chi connectivity index (χ2n) is 2.74. The van der Waals surface area contributed by atoms with Crippen LogP contribution in [0.4, 0.5) is 0 Å². The molecule has 0 aliphatic carbocycles. The molecule has 0 saturated heterocycles. The molecule has 0 bridgehead atoms. The fourth-order valence-electron chi connectivity index (χ4n) is 1.09. The van der Waals surface area contributed by atoms with Crippen LogP contribution in [0.5, 0.6) is 0 Å². The second-order valence-corrected chi connectivity index (χ2v) is 4.13. The number of aryl methyl sites for hydroxylation is 2. The van der Waals surface area contributed by atoms with Crippen LogP contribution in [0.15, 0.2) is 23.1 Å². The third-order valence-electron chi connectivity index (χ3n) is 1.61. The molecule has 0 fully saturated rings. The fourth-order valence-corrected chi connectivity index (χ4v) is 1.79. The summed E-state index contributed by atoms with van der Waals surface area (Å²) in [7, 11) is -4.05. The maximum atomic E-state index is 10.7. The average molecular weight is 256 g/mol. The minimum absolute atomic E-state index is 0. The van der Waals surface area contributed by atoms with E-state index in [1.165, 1.54) is 6.07 Å². The van der Waals surface area contributed by atoms with Crippen molar-refractivity contribution in [2.45, 2.75) is 18.7 Å². The van der Waals surface area contributed by atoms with E-state index >= 15 is 0 Å². The molecule has 3 nitrogen and oxygen atoms in total. The van der Waals surface area contributed by atoms with Crippen LogP contribution in [-0.4, -0.2) is 32.8 Å². The standard InChI is InChI=1S/C8H10O3S.Ga/c1-6-3-4-8(7(2)5-6)12(9,10)11;/h3-5H,1-2H3,(H,9,10,11);. The van der Waals surface area contributed by atoms with E-state index in [2.05, 4.69) is 0 Å². The van der Waals surface area contributed by atoms with E-state index in [0.717, 1.165) is 5.56 Å². The number of hydrogen-bond donors (Lipinski definition) is 1. The van der Waals surface area contributed by atoms with Crippen LogP contribution in [0, 0.1) is 13.8 Å². The first-order chi connectivity index (χ1) is 5.41. The van der Waals surface area contributed by atoms with Gasteiger partial charge >= 0.3 is 0 Å². The SMILES string of the molecule is Cc1ccc(S(=O)(=O)O)c(C)c1.[Ga]. The molecule has 0 unspecified atom stereocenters. The molecule has 3 radical (unpaired) electrons. The third-order valence-corrected chi connectivity index (χ3v) is 2.62. The monoisotopic (exact) mass is 255 g/mol. The van der Waals surface area contributed by atoms with Crippen LogP contribution < -0.4 is 0 Å². The smallest absolute Gasteiger partial charge is 0.282 e. The Bertz CT molecular complexity index is 398. The van der Waals surface area contributed by atoms with E-state index in [1.807, 2.05) is 6.92 Å². The van der Waals surface area contributed by atoms with Crippen LogP contribution in [0.25, 0.3) is 0 Å². The van der Waals surface area contributed by atoms with Crippen LogP contribution in [0.1, 0.15) is 11.1 Å². The Balaban J connectivity index is 0.00000144. The second kappa shape index (κ2) is 4.32. The average Bonchev–Trinajstić information content (AvgIpc) is 1.83. The van der Waals surface area contributed by atoms with Gasteiger partial charge in [0, 0.05) is 19.8 Å².